The second-order valence-corrected chi connectivity index (χ2v) is 4.08. The Labute approximate surface area is 110 Å². The zero-order valence-electron chi connectivity index (χ0n) is 9.12. The monoisotopic (exact) mass is 289 g/mol. The maximum Gasteiger partial charge on any atom is 0.450 e. The van der Waals surface area contributed by atoms with Crippen molar-refractivity contribution in [2.75, 3.05) is 0 Å². The van der Waals surface area contributed by atoms with Crippen molar-refractivity contribution in [3.63, 3.8) is 0 Å². The van der Waals surface area contributed by atoms with Gasteiger partial charge in [0.25, 0.3) is 0 Å². The number of halogens is 4. The van der Waals surface area contributed by atoms with Gasteiger partial charge in [0.1, 0.15) is 5.76 Å². The average Bonchev–Trinajstić information content (AvgIpc) is 2.74. The smallest absolute Gasteiger partial charge is 0.450 e. The number of furan rings is 1. The Hall–Kier alpha value is -1.95. The molecule has 0 bridgehead atoms. The number of carboxylic acid groups (broad SMARTS) is 1. The van der Waals surface area contributed by atoms with Crippen LogP contribution < -0.4 is 5.11 Å². The van der Waals surface area contributed by atoms with Crippen LogP contribution in [0.5, 0.6) is 0 Å². The van der Waals surface area contributed by atoms with Crippen molar-refractivity contribution in [2.24, 2.45) is 0 Å². The lowest BCUT2D eigenvalue weighted by Crippen LogP contribution is -2.24. The number of carbonyl (C=O) groups excluding carboxylic acids is 1. The molecule has 0 saturated carbocycles. The van der Waals surface area contributed by atoms with Crippen LogP contribution in [0.1, 0.15) is 16.1 Å². The van der Waals surface area contributed by atoms with E-state index in [4.69, 9.17) is 11.6 Å². The Bertz CT molecular complexity index is 614. The minimum Gasteiger partial charge on any atom is -0.545 e. The summed E-state index contributed by atoms with van der Waals surface area (Å²) in [4.78, 5) is 10.7. The second kappa shape index (κ2) is 4.62. The van der Waals surface area contributed by atoms with Crippen molar-refractivity contribution in [1.29, 1.82) is 0 Å². The zero-order chi connectivity index (χ0) is 14.2. The number of rotatable bonds is 2. The molecule has 2 aromatic rings. The van der Waals surface area contributed by atoms with Gasteiger partial charge in [-0.2, -0.15) is 13.2 Å². The third-order valence-electron chi connectivity index (χ3n) is 2.34. The van der Waals surface area contributed by atoms with Crippen molar-refractivity contribution >= 4 is 17.6 Å². The third-order valence-corrected chi connectivity index (χ3v) is 2.59. The number of alkyl halides is 3. The minimum atomic E-state index is -4.90. The highest BCUT2D eigenvalue weighted by Gasteiger charge is 2.38. The van der Waals surface area contributed by atoms with Gasteiger partial charge in [0.05, 0.1) is 5.97 Å². The first-order valence-corrected chi connectivity index (χ1v) is 5.35. The fraction of sp³-hybridized carbons (Fsp3) is 0.0833. The van der Waals surface area contributed by atoms with E-state index in [1.807, 2.05) is 0 Å². The van der Waals surface area contributed by atoms with Crippen LogP contribution in [0.2, 0.25) is 5.02 Å². The fourth-order valence-corrected chi connectivity index (χ4v) is 1.64. The van der Waals surface area contributed by atoms with Gasteiger partial charge in [-0.25, -0.2) is 0 Å². The molecule has 0 radical (unpaired) electrons. The number of carboxylic acids is 1. The molecule has 7 heteroatoms. The van der Waals surface area contributed by atoms with Crippen molar-refractivity contribution in [3.05, 3.63) is 46.7 Å². The highest BCUT2D eigenvalue weighted by molar-refractivity contribution is 6.30. The molecule has 0 N–H and O–H groups in total. The maximum absolute atomic E-state index is 12.6. The molecule has 0 aliphatic heterocycles. The molecule has 1 aromatic carbocycles. The Morgan fingerprint density at radius 3 is 2.21 bits per heavy atom. The lowest BCUT2D eigenvalue weighted by atomic mass is 10.1. The van der Waals surface area contributed by atoms with Gasteiger partial charge in [0.15, 0.2) is 0 Å². The summed E-state index contributed by atoms with van der Waals surface area (Å²) >= 11 is 5.64. The molecular formula is C12H5ClF3O3-. The molecule has 1 aromatic heterocycles. The molecule has 0 saturated heterocycles. The largest absolute Gasteiger partial charge is 0.545 e. The lowest BCUT2D eigenvalue weighted by Gasteiger charge is -2.05. The molecular weight excluding hydrogens is 285 g/mol. The maximum atomic E-state index is 12.6. The van der Waals surface area contributed by atoms with Crippen LogP contribution in [0.4, 0.5) is 13.2 Å². The molecule has 0 aliphatic rings. The molecule has 0 aliphatic carbocycles. The number of hydrogen-bond acceptors (Lipinski definition) is 3. The molecule has 0 fully saturated rings. The Morgan fingerprint density at radius 1 is 1.21 bits per heavy atom. The number of hydrogen-bond donors (Lipinski definition) is 0. The van der Waals surface area contributed by atoms with Crippen LogP contribution in [0.25, 0.3) is 11.3 Å². The summed E-state index contributed by atoms with van der Waals surface area (Å²) in [6, 6.07) is 6.51. The summed E-state index contributed by atoms with van der Waals surface area (Å²) in [5, 5.41) is 11.1. The minimum absolute atomic E-state index is 0.219. The van der Waals surface area contributed by atoms with Crippen LogP contribution in [0.15, 0.2) is 34.7 Å². The third kappa shape index (κ3) is 2.73. The first-order chi connectivity index (χ1) is 8.79. The predicted molar refractivity (Wildman–Crippen MR) is 58.5 cm³/mol. The molecule has 0 atom stereocenters. The highest BCUT2D eigenvalue weighted by Crippen LogP contribution is 2.37. The molecule has 0 unspecified atom stereocenters. The van der Waals surface area contributed by atoms with Gasteiger partial charge in [-0.1, -0.05) is 11.6 Å². The molecule has 100 valence electrons. The van der Waals surface area contributed by atoms with E-state index in [-0.39, 0.29) is 11.3 Å². The predicted octanol–water partition coefficient (Wildman–Crippen LogP) is 2.98. The molecule has 1 heterocycles. The van der Waals surface area contributed by atoms with E-state index in [0.29, 0.717) is 5.02 Å². The molecule has 19 heavy (non-hydrogen) atoms. The summed E-state index contributed by atoms with van der Waals surface area (Å²) in [6.45, 7) is 0. The van der Waals surface area contributed by atoms with Gasteiger partial charge in [-0.3, -0.25) is 0 Å². The van der Waals surface area contributed by atoms with Gasteiger partial charge < -0.3 is 14.3 Å². The lowest BCUT2D eigenvalue weighted by molar-refractivity contribution is -0.256. The van der Waals surface area contributed by atoms with Gasteiger partial charge >= 0.3 is 6.18 Å². The molecule has 0 spiro atoms. The van der Waals surface area contributed by atoms with Crippen LogP contribution in [-0.2, 0) is 6.18 Å². The van der Waals surface area contributed by atoms with Crippen LogP contribution in [0.3, 0.4) is 0 Å². The van der Waals surface area contributed by atoms with E-state index < -0.39 is 23.5 Å². The van der Waals surface area contributed by atoms with Crippen LogP contribution in [-0.4, -0.2) is 5.97 Å². The quantitative estimate of drug-likeness (QED) is 0.854. The van der Waals surface area contributed by atoms with Crippen LogP contribution in [0, 0.1) is 0 Å². The summed E-state index contributed by atoms with van der Waals surface area (Å²) in [7, 11) is 0. The topological polar surface area (TPSA) is 53.3 Å². The Kier molecular flexibility index (Phi) is 3.28. The molecule has 0 amide bonds. The van der Waals surface area contributed by atoms with Crippen molar-refractivity contribution in [3.8, 4) is 11.3 Å². The van der Waals surface area contributed by atoms with E-state index in [0.717, 1.165) is 6.07 Å². The highest BCUT2D eigenvalue weighted by atomic mass is 35.5. The van der Waals surface area contributed by atoms with E-state index >= 15 is 0 Å². The second-order valence-electron chi connectivity index (χ2n) is 3.65. The summed E-state index contributed by atoms with van der Waals surface area (Å²) in [5.74, 6) is -3.75. The SMILES string of the molecule is O=C([O-])c1cc(-c2ccc(Cl)cc2)oc1C(F)(F)F. The zero-order valence-corrected chi connectivity index (χ0v) is 9.88. The van der Waals surface area contributed by atoms with E-state index in [2.05, 4.69) is 4.42 Å². The standard InChI is InChI=1S/C12H6ClF3O3/c13-7-3-1-6(2-4-7)9-5-8(11(17)18)10(19-9)12(14,15)16/h1-5H,(H,17,18)/p-1. The first kappa shape index (κ1) is 13.5. The van der Waals surface area contributed by atoms with Crippen molar-refractivity contribution < 1.29 is 27.5 Å². The van der Waals surface area contributed by atoms with Crippen molar-refractivity contribution in [1.82, 2.24) is 0 Å². The summed E-state index contributed by atoms with van der Waals surface area (Å²) < 4.78 is 42.4. The van der Waals surface area contributed by atoms with Crippen LogP contribution >= 0.6 is 11.6 Å². The van der Waals surface area contributed by atoms with E-state index in [1.54, 1.807) is 0 Å². The van der Waals surface area contributed by atoms with Crippen molar-refractivity contribution in [2.45, 2.75) is 6.18 Å². The fourth-order valence-electron chi connectivity index (χ4n) is 1.51. The van der Waals surface area contributed by atoms with Gasteiger partial charge in [-0.15, -0.1) is 0 Å². The normalized spacial score (nSPS) is 11.6. The van der Waals surface area contributed by atoms with Gasteiger partial charge in [0, 0.05) is 16.1 Å². The van der Waals surface area contributed by atoms with Gasteiger partial charge in [-0.05, 0) is 30.3 Å². The number of benzene rings is 1. The van der Waals surface area contributed by atoms with E-state index in [1.165, 1.54) is 24.3 Å². The Balaban J connectivity index is 2.55. The first-order valence-electron chi connectivity index (χ1n) is 4.97. The number of aromatic carboxylic acids is 1. The average molecular weight is 290 g/mol. The molecule has 2 rings (SSSR count). The number of carbonyl (C=O) groups is 1. The summed E-state index contributed by atoms with van der Waals surface area (Å²) in [5.41, 5.74) is -0.750. The van der Waals surface area contributed by atoms with E-state index in [9.17, 15) is 23.1 Å². The molecule has 3 nitrogen and oxygen atoms in total. The van der Waals surface area contributed by atoms with Gasteiger partial charge in [0.2, 0.25) is 5.76 Å². The summed E-state index contributed by atoms with van der Waals surface area (Å²) in [6.07, 6.45) is -4.90. The Morgan fingerprint density at radius 2 is 1.79 bits per heavy atom.